The van der Waals surface area contributed by atoms with Crippen LogP contribution in [0.15, 0.2) is 0 Å². The van der Waals surface area contributed by atoms with E-state index >= 15 is 0 Å². The highest BCUT2D eigenvalue weighted by atomic mass is 32.2. The van der Waals surface area contributed by atoms with Crippen LogP contribution in [0.1, 0.15) is 13.3 Å². The first-order chi connectivity index (χ1) is 7.11. The third-order valence-electron chi connectivity index (χ3n) is 2.00. The first kappa shape index (κ1) is 12.2. The Kier molecular flexibility index (Phi) is 4.74. The quantitative estimate of drug-likeness (QED) is 0.711. The molecule has 1 heterocycles. The molecule has 1 aliphatic heterocycles. The number of alkyl carbamates (subject to hydrolysis) is 1. The standard InChI is InChI=1S/C9H15NO4S/c1-6(3-8(11)13-2)15-5-7-4-10-9(12)14-7/h6-7H,3-5H2,1-2H3,(H,10,12). The van der Waals surface area contributed by atoms with Crippen LogP contribution in [0.3, 0.4) is 0 Å². The van der Waals surface area contributed by atoms with Gasteiger partial charge < -0.3 is 14.8 Å². The van der Waals surface area contributed by atoms with E-state index in [1.807, 2.05) is 6.92 Å². The van der Waals surface area contributed by atoms with Crippen LogP contribution in [0.25, 0.3) is 0 Å². The highest BCUT2D eigenvalue weighted by Gasteiger charge is 2.23. The summed E-state index contributed by atoms with van der Waals surface area (Å²) in [7, 11) is 1.38. The Bertz CT molecular complexity index is 246. The monoisotopic (exact) mass is 233 g/mol. The Balaban J connectivity index is 2.13. The van der Waals surface area contributed by atoms with Crippen molar-refractivity contribution in [3.63, 3.8) is 0 Å². The van der Waals surface area contributed by atoms with Gasteiger partial charge in [-0.15, -0.1) is 0 Å². The highest BCUT2D eigenvalue weighted by Crippen LogP contribution is 2.18. The van der Waals surface area contributed by atoms with Crippen LogP contribution < -0.4 is 5.32 Å². The lowest BCUT2D eigenvalue weighted by molar-refractivity contribution is -0.140. The SMILES string of the molecule is COC(=O)CC(C)SCC1CNC(=O)O1. The summed E-state index contributed by atoms with van der Waals surface area (Å²) < 4.78 is 9.52. The van der Waals surface area contributed by atoms with E-state index in [0.717, 1.165) is 0 Å². The van der Waals surface area contributed by atoms with Crippen LogP contribution in [-0.2, 0) is 14.3 Å². The number of nitrogens with one attached hydrogen (secondary N) is 1. The van der Waals surface area contributed by atoms with Crippen molar-refractivity contribution in [3.05, 3.63) is 0 Å². The Labute approximate surface area is 92.9 Å². The van der Waals surface area contributed by atoms with Gasteiger partial charge in [-0.2, -0.15) is 11.8 Å². The number of carbonyl (C=O) groups excluding carboxylic acids is 2. The summed E-state index contributed by atoms with van der Waals surface area (Å²) in [6.45, 7) is 2.50. The molecule has 6 heteroatoms. The zero-order valence-corrected chi connectivity index (χ0v) is 9.63. The number of hydrogen-bond donors (Lipinski definition) is 1. The van der Waals surface area contributed by atoms with Crippen molar-refractivity contribution in [3.8, 4) is 0 Å². The average Bonchev–Trinajstić information content (AvgIpc) is 2.61. The van der Waals surface area contributed by atoms with Crippen LogP contribution in [0.2, 0.25) is 0 Å². The molecule has 0 saturated carbocycles. The fraction of sp³-hybridized carbons (Fsp3) is 0.778. The number of methoxy groups -OCH3 is 1. The molecule has 15 heavy (non-hydrogen) atoms. The number of esters is 1. The molecule has 0 aromatic heterocycles. The molecule has 0 radical (unpaired) electrons. The summed E-state index contributed by atoms with van der Waals surface area (Å²) >= 11 is 1.60. The summed E-state index contributed by atoms with van der Waals surface area (Å²) in [4.78, 5) is 21.6. The lowest BCUT2D eigenvalue weighted by Crippen LogP contribution is -2.19. The first-order valence-corrected chi connectivity index (χ1v) is 5.79. The molecule has 2 atom stereocenters. The van der Waals surface area contributed by atoms with Gasteiger partial charge in [0.05, 0.1) is 20.1 Å². The van der Waals surface area contributed by atoms with Crippen molar-refractivity contribution in [2.45, 2.75) is 24.7 Å². The van der Waals surface area contributed by atoms with Crippen molar-refractivity contribution >= 4 is 23.8 Å². The van der Waals surface area contributed by atoms with E-state index in [9.17, 15) is 9.59 Å². The van der Waals surface area contributed by atoms with Gasteiger partial charge in [-0.05, 0) is 0 Å². The van der Waals surface area contributed by atoms with E-state index in [-0.39, 0.29) is 23.4 Å². The van der Waals surface area contributed by atoms with Gasteiger partial charge >= 0.3 is 12.1 Å². The minimum absolute atomic E-state index is 0.0809. The summed E-state index contributed by atoms with van der Waals surface area (Å²) in [5.74, 6) is 0.494. The highest BCUT2D eigenvalue weighted by molar-refractivity contribution is 7.99. The second kappa shape index (κ2) is 5.85. The van der Waals surface area contributed by atoms with Crippen LogP contribution in [0.4, 0.5) is 4.79 Å². The Morgan fingerprint density at radius 1 is 1.80 bits per heavy atom. The summed E-state index contributed by atoms with van der Waals surface area (Å²) in [6, 6.07) is 0. The number of amides is 1. The first-order valence-electron chi connectivity index (χ1n) is 4.74. The molecule has 0 bridgehead atoms. The molecule has 86 valence electrons. The van der Waals surface area contributed by atoms with E-state index in [0.29, 0.717) is 18.7 Å². The van der Waals surface area contributed by atoms with E-state index in [2.05, 4.69) is 10.1 Å². The zero-order chi connectivity index (χ0) is 11.3. The molecule has 0 aromatic rings. The Hall–Kier alpha value is -0.910. The van der Waals surface area contributed by atoms with Gasteiger partial charge in [-0.1, -0.05) is 6.92 Å². The average molecular weight is 233 g/mol. The van der Waals surface area contributed by atoms with E-state index in [1.54, 1.807) is 11.8 Å². The van der Waals surface area contributed by atoms with Gasteiger partial charge in [0.2, 0.25) is 0 Å². The lowest BCUT2D eigenvalue weighted by Gasteiger charge is -2.12. The second-order valence-corrected chi connectivity index (χ2v) is 4.80. The predicted octanol–water partition coefficient (Wildman–Crippen LogP) is 0.780. The molecule has 0 spiro atoms. The third-order valence-corrected chi connectivity index (χ3v) is 3.30. The largest absolute Gasteiger partial charge is 0.469 e. The molecular formula is C9H15NO4S. The normalized spacial score (nSPS) is 21.7. The molecule has 1 N–H and O–H groups in total. The van der Waals surface area contributed by atoms with Crippen LogP contribution in [-0.4, -0.2) is 42.8 Å². The van der Waals surface area contributed by atoms with E-state index in [4.69, 9.17) is 4.74 Å². The van der Waals surface area contributed by atoms with Gasteiger partial charge in [0.1, 0.15) is 6.10 Å². The molecule has 1 amide bonds. The molecule has 1 fully saturated rings. The maximum atomic E-state index is 10.9. The zero-order valence-electron chi connectivity index (χ0n) is 8.82. The molecular weight excluding hydrogens is 218 g/mol. The number of hydrogen-bond acceptors (Lipinski definition) is 5. The Morgan fingerprint density at radius 3 is 3.07 bits per heavy atom. The lowest BCUT2D eigenvalue weighted by atomic mass is 10.3. The summed E-state index contributed by atoms with van der Waals surface area (Å²) in [6.07, 6.45) is -0.0567. The predicted molar refractivity (Wildman–Crippen MR) is 56.8 cm³/mol. The van der Waals surface area contributed by atoms with Gasteiger partial charge in [0.15, 0.2) is 0 Å². The van der Waals surface area contributed by atoms with E-state index < -0.39 is 0 Å². The van der Waals surface area contributed by atoms with Crippen molar-refractivity contribution in [2.24, 2.45) is 0 Å². The van der Waals surface area contributed by atoms with Gasteiger partial charge in [-0.3, -0.25) is 4.79 Å². The van der Waals surface area contributed by atoms with Gasteiger partial charge in [-0.25, -0.2) is 4.79 Å². The molecule has 1 aliphatic rings. The molecule has 0 aromatic carbocycles. The smallest absolute Gasteiger partial charge is 0.407 e. The topological polar surface area (TPSA) is 64.6 Å². The van der Waals surface area contributed by atoms with Gasteiger partial charge in [0, 0.05) is 11.0 Å². The van der Waals surface area contributed by atoms with Gasteiger partial charge in [0.25, 0.3) is 0 Å². The third kappa shape index (κ3) is 4.42. The van der Waals surface area contributed by atoms with E-state index in [1.165, 1.54) is 7.11 Å². The number of carbonyl (C=O) groups is 2. The fourth-order valence-corrected chi connectivity index (χ4v) is 2.16. The molecule has 1 rings (SSSR count). The van der Waals surface area contributed by atoms with Crippen molar-refractivity contribution in [1.29, 1.82) is 0 Å². The number of ether oxygens (including phenoxy) is 2. The Morgan fingerprint density at radius 2 is 2.53 bits per heavy atom. The van der Waals surface area contributed by atoms with Crippen molar-refractivity contribution < 1.29 is 19.1 Å². The summed E-state index contributed by atoms with van der Waals surface area (Å²) in [5, 5.41) is 2.76. The van der Waals surface area contributed by atoms with Crippen molar-refractivity contribution in [2.75, 3.05) is 19.4 Å². The molecule has 2 unspecified atom stereocenters. The van der Waals surface area contributed by atoms with Crippen LogP contribution >= 0.6 is 11.8 Å². The van der Waals surface area contributed by atoms with Crippen LogP contribution in [0.5, 0.6) is 0 Å². The molecule has 0 aliphatic carbocycles. The summed E-state index contributed by atoms with van der Waals surface area (Å²) in [5.41, 5.74) is 0. The maximum absolute atomic E-state index is 10.9. The molecule has 5 nitrogen and oxygen atoms in total. The number of thioether (sulfide) groups is 1. The second-order valence-electron chi connectivity index (χ2n) is 3.33. The minimum Gasteiger partial charge on any atom is -0.469 e. The number of cyclic esters (lactones) is 1. The van der Waals surface area contributed by atoms with Crippen molar-refractivity contribution in [1.82, 2.24) is 5.32 Å². The number of rotatable bonds is 5. The minimum atomic E-state index is -0.360. The fourth-order valence-electron chi connectivity index (χ4n) is 1.17. The van der Waals surface area contributed by atoms with Crippen LogP contribution in [0, 0.1) is 0 Å². The molecule has 1 saturated heterocycles. The maximum Gasteiger partial charge on any atom is 0.407 e.